The molecule has 0 spiro atoms. The largest absolute Gasteiger partial charge is 0.368 e. The standard InChI is InChI=1S/C12H22N4O/c1-8(11(13)17)14-6-9-7-16(5)15-10(9)12(2,3)4/h7-8,14H,6H2,1-5H3,(H2,13,17). The van der Waals surface area contributed by atoms with Crippen LogP contribution in [0.25, 0.3) is 0 Å². The van der Waals surface area contributed by atoms with Crippen LogP contribution in [0, 0.1) is 0 Å². The summed E-state index contributed by atoms with van der Waals surface area (Å²) in [5, 5.41) is 7.56. The van der Waals surface area contributed by atoms with Crippen LogP contribution in [0.15, 0.2) is 6.20 Å². The van der Waals surface area contributed by atoms with Gasteiger partial charge in [0.1, 0.15) is 0 Å². The number of hydrogen-bond donors (Lipinski definition) is 2. The minimum absolute atomic E-state index is 0.00572. The van der Waals surface area contributed by atoms with Gasteiger partial charge < -0.3 is 11.1 Å². The normalized spacial score (nSPS) is 13.7. The minimum atomic E-state index is -0.341. The van der Waals surface area contributed by atoms with E-state index in [1.54, 1.807) is 11.6 Å². The number of aryl methyl sites for hydroxylation is 1. The highest BCUT2D eigenvalue weighted by Gasteiger charge is 2.22. The SMILES string of the molecule is CC(NCc1cn(C)nc1C(C)(C)C)C(N)=O. The molecule has 0 saturated carbocycles. The van der Waals surface area contributed by atoms with Crippen LogP contribution in [-0.4, -0.2) is 21.7 Å². The van der Waals surface area contributed by atoms with Gasteiger partial charge in [0.05, 0.1) is 11.7 Å². The Labute approximate surface area is 102 Å². The first-order valence-corrected chi connectivity index (χ1v) is 5.77. The smallest absolute Gasteiger partial charge is 0.234 e. The highest BCUT2D eigenvalue weighted by atomic mass is 16.1. The van der Waals surface area contributed by atoms with Gasteiger partial charge in [0.25, 0.3) is 0 Å². The average molecular weight is 238 g/mol. The minimum Gasteiger partial charge on any atom is -0.368 e. The van der Waals surface area contributed by atoms with Crippen LogP contribution in [0.4, 0.5) is 0 Å². The summed E-state index contributed by atoms with van der Waals surface area (Å²) in [4.78, 5) is 10.9. The summed E-state index contributed by atoms with van der Waals surface area (Å²) in [7, 11) is 1.90. The molecule has 96 valence electrons. The quantitative estimate of drug-likeness (QED) is 0.810. The van der Waals surface area contributed by atoms with Gasteiger partial charge in [0.2, 0.25) is 5.91 Å². The van der Waals surface area contributed by atoms with E-state index in [0.29, 0.717) is 6.54 Å². The Balaban J connectivity index is 2.81. The summed E-state index contributed by atoms with van der Waals surface area (Å²) in [6.07, 6.45) is 1.97. The predicted molar refractivity (Wildman–Crippen MR) is 67.4 cm³/mol. The van der Waals surface area contributed by atoms with Crippen molar-refractivity contribution in [3.8, 4) is 0 Å². The van der Waals surface area contributed by atoms with Crippen molar-refractivity contribution >= 4 is 5.91 Å². The maximum atomic E-state index is 10.9. The molecule has 1 amide bonds. The maximum absolute atomic E-state index is 10.9. The van der Waals surface area contributed by atoms with Crippen molar-refractivity contribution in [2.75, 3.05) is 0 Å². The Morgan fingerprint density at radius 1 is 1.59 bits per heavy atom. The molecule has 5 nitrogen and oxygen atoms in total. The van der Waals surface area contributed by atoms with Gasteiger partial charge in [-0.05, 0) is 6.92 Å². The first kappa shape index (κ1) is 13.7. The Hall–Kier alpha value is -1.36. The van der Waals surface area contributed by atoms with E-state index in [0.717, 1.165) is 11.3 Å². The fourth-order valence-corrected chi connectivity index (χ4v) is 1.66. The number of nitrogens with zero attached hydrogens (tertiary/aromatic N) is 2. The summed E-state index contributed by atoms with van der Waals surface area (Å²) in [5.74, 6) is -0.341. The molecule has 3 N–H and O–H groups in total. The number of nitrogens with one attached hydrogen (secondary N) is 1. The number of amides is 1. The summed E-state index contributed by atoms with van der Waals surface area (Å²) in [6, 6.07) is -0.331. The molecule has 1 atom stereocenters. The molecule has 1 heterocycles. The van der Waals surface area contributed by atoms with Crippen molar-refractivity contribution < 1.29 is 4.79 Å². The van der Waals surface area contributed by atoms with Gasteiger partial charge in [-0.3, -0.25) is 9.48 Å². The van der Waals surface area contributed by atoms with Crippen LogP contribution >= 0.6 is 0 Å². The van der Waals surface area contributed by atoms with Crippen LogP contribution in [-0.2, 0) is 23.8 Å². The topological polar surface area (TPSA) is 72.9 Å². The van der Waals surface area contributed by atoms with E-state index in [1.165, 1.54) is 0 Å². The van der Waals surface area contributed by atoms with Gasteiger partial charge in [0, 0.05) is 30.8 Å². The third-order valence-corrected chi connectivity index (χ3v) is 2.64. The van der Waals surface area contributed by atoms with E-state index in [1.807, 2.05) is 13.2 Å². The molecule has 0 aromatic carbocycles. The molecule has 1 unspecified atom stereocenters. The Morgan fingerprint density at radius 2 is 2.18 bits per heavy atom. The molecule has 0 bridgehead atoms. The van der Waals surface area contributed by atoms with Crippen molar-refractivity contribution in [1.29, 1.82) is 0 Å². The predicted octanol–water partition coefficient (Wildman–Crippen LogP) is 0.681. The third-order valence-electron chi connectivity index (χ3n) is 2.64. The fraction of sp³-hybridized carbons (Fsp3) is 0.667. The highest BCUT2D eigenvalue weighted by molar-refractivity contribution is 5.79. The van der Waals surface area contributed by atoms with Crippen molar-refractivity contribution in [3.05, 3.63) is 17.5 Å². The molecule has 0 aliphatic carbocycles. The van der Waals surface area contributed by atoms with Gasteiger partial charge in [0.15, 0.2) is 0 Å². The van der Waals surface area contributed by atoms with E-state index >= 15 is 0 Å². The van der Waals surface area contributed by atoms with E-state index in [4.69, 9.17) is 5.73 Å². The zero-order chi connectivity index (χ0) is 13.2. The first-order chi connectivity index (χ1) is 7.71. The Kier molecular flexibility index (Phi) is 3.93. The Morgan fingerprint density at radius 3 is 2.65 bits per heavy atom. The number of rotatable bonds is 4. The molecule has 0 saturated heterocycles. The fourth-order valence-electron chi connectivity index (χ4n) is 1.66. The molecule has 0 aliphatic heterocycles. The molecule has 1 rings (SSSR count). The zero-order valence-corrected chi connectivity index (χ0v) is 11.2. The van der Waals surface area contributed by atoms with Gasteiger partial charge in [-0.15, -0.1) is 0 Å². The van der Waals surface area contributed by atoms with Crippen LogP contribution in [0.3, 0.4) is 0 Å². The molecular formula is C12H22N4O. The summed E-state index contributed by atoms with van der Waals surface area (Å²) in [5.41, 5.74) is 7.35. The van der Waals surface area contributed by atoms with Gasteiger partial charge in [-0.2, -0.15) is 5.10 Å². The van der Waals surface area contributed by atoms with Crippen LogP contribution in [0.1, 0.15) is 39.0 Å². The summed E-state index contributed by atoms with van der Waals surface area (Å²) < 4.78 is 1.80. The summed E-state index contributed by atoms with van der Waals surface area (Å²) >= 11 is 0. The van der Waals surface area contributed by atoms with Crippen molar-refractivity contribution in [2.45, 2.75) is 45.7 Å². The van der Waals surface area contributed by atoms with Crippen LogP contribution in [0.2, 0.25) is 0 Å². The third kappa shape index (κ3) is 3.56. The lowest BCUT2D eigenvalue weighted by Crippen LogP contribution is -2.38. The molecule has 1 aromatic heterocycles. The Bertz CT molecular complexity index is 403. The van der Waals surface area contributed by atoms with E-state index in [2.05, 4.69) is 31.2 Å². The molecular weight excluding hydrogens is 216 g/mol. The number of carbonyl (C=O) groups is 1. The zero-order valence-electron chi connectivity index (χ0n) is 11.2. The molecule has 0 aliphatic rings. The van der Waals surface area contributed by atoms with Crippen LogP contribution < -0.4 is 11.1 Å². The molecule has 5 heteroatoms. The number of hydrogen-bond acceptors (Lipinski definition) is 3. The molecule has 0 fully saturated rings. The van der Waals surface area contributed by atoms with Gasteiger partial charge in [-0.25, -0.2) is 0 Å². The monoisotopic (exact) mass is 238 g/mol. The van der Waals surface area contributed by atoms with E-state index in [9.17, 15) is 4.79 Å². The number of aromatic nitrogens is 2. The second-order valence-corrected chi connectivity index (χ2v) is 5.43. The van der Waals surface area contributed by atoms with Crippen molar-refractivity contribution in [1.82, 2.24) is 15.1 Å². The number of nitrogens with two attached hydrogens (primary N) is 1. The molecule has 17 heavy (non-hydrogen) atoms. The molecule has 1 aromatic rings. The lowest BCUT2D eigenvalue weighted by atomic mass is 9.89. The summed E-state index contributed by atoms with van der Waals surface area (Å²) in [6.45, 7) is 8.73. The average Bonchev–Trinajstić information content (AvgIpc) is 2.55. The van der Waals surface area contributed by atoms with Gasteiger partial charge in [-0.1, -0.05) is 20.8 Å². The lowest BCUT2D eigenvalue weighted by molar-refractivity contribution is -0.119. The highest BCUT2D eigenvalue weighted by Crippen LogP contribution is 2.23. The van der Waals surface area contributed by atoms with Gasteiger partial charge >= 0.3 is 0 Å². The second kappa shape index (κ2) is 4.87. The molecule has 0 radical (unpaired) electrons. The second-order valence-electron chi connectivity index (χ2n) is 5.43. The number of carbonyl (C=O) groups excluding carboxylic acids is 1. The lowest BCUT2D eigenvalue weighted by Gasteiger charge is -2.18. The first-order valence-electron chi connectivity index (χ1n) is 5.77. The van der Waals surface area contributed by atoms with Crippen LogP contribution in [0.5, 0.6) is 0 Å². The number of primary amides is 1. The van der Waals surface area contributed by atoms with Crippen molar-refractivity contribution in [3.63, 3.8) is 0 Å². The van der Waals surface area contributed by atoms with E-state index < -0.39 is 0 Å². The van der Waals surface area contributed by atoms with E-state index in [-0.39, 0.29) is 17.4 Å². The van der Waals surface area contributed by atoms with Crippen molar-refractivity contribution in [2.24, 2.45) is 12.8 Å². The maximum Gasteiger partial charge on any atom is 0.234 e.